The summed E-state index contributed by atoms with van der Waals surface area (Å²) in [6.45, 7) is -0.760. The van der Waals surface area contributed by atoms with Gasteiger partial charge in [-0.25, -0.2) is 0 Å². The maximum absolute atomic E-state index is 9.90. The Morgan fingerprint density at radius 1 is 1.07 bits per heavy atom. The van der Waals surface area contributed by atoms with Crippen LogP contribution in [-0.2, 0) is 4.79 Å². The molecule has 0 aromatic heterocycles. The summed E-state index contributed by atoms with van der Waals surface area (Å²) in [5, 5.41) is 50.5. The Labute approximate surface area is 80.9 Å². The van der Waals surface area contributed by atoms with E-state index in [1.807, 2.05) is 0 Å². The summed E-state index contributed by atoms with van der Waals surface area (Å²) in [5.74, 6) is 0. The molecule has 0 fully saturated rings. The maximum atomic E-state index is 9.90. The van der Waals surface area contributed by atoms with Gasteiger partial charge in [0.05, 0.1) is 6.61 Å². The molecule has 0 aromatic carbocycles. The van der Waals surface area contributed by atoms with Crippen LogP contribution in [0.5, 0.6) is 0 Å². The van der Waals surface area contributed by atoms with E-state index in [1.165, 1.54) is 0 Å². The normalized spacial score (nSPS) is 18.5. The van der Waals surface area contributed by atoms with Gasteiger partial charge in [-0.05, 0) is 0 Å². The molecule has 0 aliphatic heterocycles. The lowest BCUT2D eigenvalue weighted by Gasteiger charge is -2.22. The van der Waals surface area contributed by atoms with E-state index in [0.717, 1.165) is 7.11 Å². The molecule has 7 nitrogen and oxygen atoms in total. The topological polar surface area (TPSA) is 138 Å². The quantitative estimate of drug-likeness (QED) is 0.257. The number of aldehydes is 1. The minimum Gasteiger partial charge on any atom is -0.400 e. The van der Waals surface area contributed by atoms with Crippen LogP contribution in [0.15, 0.2) is 0 Å². The molecular weight excluding hydrogens is 196 g/mol. The summed E-state index contributed by atoms with van der Waals surface area (Å²) in [7, 11) is 1.00. The Bertz CT molecular complexity index is 140. The van der Waals surface area contributed by atoms with E-state index in [1.54, 1.807) is 0 Å². The van der Waals surface area contributed by atoms with Crippen molar-refractivity contribution in [2.45, 2.75) is 24.4 Å². The van der Waals surface area contributed by atoms with Gasteiger partial charge in [-0.1, -0.05) is 0 Å². The third-order valence-electron chi connectivity index (χ3n) is 1.42. The highest BCUT2D eigenvalue weighted by Crippen LogP contribution is 2.02. The lowest BCUT2D eigenvalue weighted by atomic mass is 10.0. The molecule has 0 heterocycles. The standard InChI is InChI=1S/C6H12O6.CH4O/c7-1-3(9)5(11)6(12)4(10)2-8;1-2/h1,3-6,8-12H,2H2;2H,1H3/t3-,4+,5+,6+;/m0./s1. The summed E-state index contributed by atoms with van der Waals surface area (Å²) in [4.78, 5) is 9.90. The van der Waals surface area contributed by atoms with Crippen LogP contribution in [0.25, 0.3) is 0 Å². The van der Waals surface area contributed by atoms with E-state index < -0.39 is 31.0 Å². The Balaban J connectivity index is 0. The SMILES string of the molecule is CO.O=C[C@H](O)[C@@H](O)[C@H](O)[C@H](O)CO. The molecule has 4 atom stereocenters. The number of hydrogen-bond acceptors (Lipinski definition) is 7. The molecule has 0 aromatic rings. The fraction of sp³-hybridized carbons (Fsp3) is 0.857. The number of aliphatic hydroxyl groups excluding tert-OH is 6. The molecule has 0 aliphatic carbocycles. The molecule has 0 saturated heterocycles. The van der Waals surface area contributed by atoms with Crippen molar-refractivity contribution in [2.75, 3.05) is 13.7 Å². The first-order valence-corrected chi connectivity index (χ1v) is 3.77. The van der Waals surface area contributed by atoms with Gasteiger partial charge in [-0.3, -0.25) is 0 Å². The lowest BCUT2D eigenvalue weighted by molar-refractivity contribution is -0.136. The van der Waals surface area contributed by atoms with Crippen molar-refractivity contribution in [3.05, 3.63) is 0 Å². The Morgan fingerprint density at radius 3 is 1.79 bits per heavy atom. The molecule has 0 amide bonds. The average molecular weight is 212 g/mol. The number of aliphatic hydroxyl groups is 6. The highest BCUT2D eigenvalue weighted by atomic mass is 16.4. The van der Waals surface area contributed by atoms with E-state index in [9.17, 15) is 4.79 Å². The molecule has 14 heavy (non-hydrogen) atoms. The van der Waals surface area contributed by atoms with Gasteiger partial charge < -0.3 is 35.4 Å². The van der Waals surface area contributed by atoms with E-state index in [0.29, 0.717) is 0 Å². The van der Waals surface area contributed by atoms with Crippen LogP contribution in [0.3, 0.4) is 0 Å². The van der Waals surface area contributed by atoms with Crippen molar-refractivity contribution >= 4 is 6.29 Å². The monoisotopic (exact) mass is 212 g/mol. The van der Waals surface area contributed by atoms with Crippen molar-refractivity contribution in [1.82, 2.24) is 0 Å². The Kier molecular flexibility index (Phi) is 10.2. The zero-order chi connectivity index (χ0) is 11.7. The second kappa shape index (κ2) is 9.00. The van der Waals surface area contributed by atoms with E-state index in [4.69, 9.17) is 30.6 Å². The molecule has 6 N–H and O–H groups in total. The van der Waals surface area contributed by atoms with Crippen LogP contribution in [0.1, 0.15) is 0 Å². The van der Waals surface area contributed by atoms with Gasteiger partial charge in [0, 0.05) is 7.11 Å². The summed E-state index contributed by atoms with van der Waals surface area (Å²) in [6.07, 6.45) is -6.84. The molecule has 0 saturated carbocycles. The van der Waals surface area contributed by atoms with Crippen LogP contribution < -0.4 is 0 Å². The molecule has 0 rings (SSSR count). The van der Waals surface area contributed by atoms with Gasteiger partial charge in [0.15, 0.2) is 6.29 Å². The summed E-state index contributed by atoms with van der Waals surface area (Å²) >= 11 is 0. The Hall–Kier alpha value is -0.570. The fourth-order valence-electron chi connectivity index (χ4n) is 0.618. The highest BCUT2D eigenvalue weighted by Gasteiger charge is 2.29. The second-order valence-corrected chi connectivity index (χ2v) is 2.36. The fourth-order valence-corrected chi connectivity index (χ4v) is 0.618. The molecule has 7 heteroatoms. The van der Waals surface area contributed by atoms with E-state index >= 15 is 0 Å². The van der Waals surface area contributed by atoms with Gasteiger partial charge in [0.25, 0.3) is 0 Å². The largest absolute Gasteiger partial charge is 0.400 e. The first kappa shape index (κ1) is 15.9. The van der Waals surface area contributed by atoms with Crippen LogP contribution in [0, 0.1) is 0 Å². The number of rotatable bonds is 5. The molecule has 0 bridgehead atoms. The van der Waals surface area contributed by atoms with E-state index in [-0.39, 0.29) is 6.29 Å². The zero-order valence-electron chi connectivity index (χ0n) is 7.69. The van der Waals surface area contributed by atoms with Crippen molar-refractivity contribution in [3.8, 4) is 0 Å². The molecule has 0 aliphatic rings. The lowest BCUT2D eigenvalue weighted by Crippen LogP contribution is -2.46. The smallest absolute Gasteiger partial charge is 0.151 e. The van der Waals surface area contributed by atoms with Gasteiger partial charge in [-0.2, -0.15) is 0 Å². The van der Waals surface area contributed by atoms with Crippen LogP contribution in [0.4, 0.5) is 0 Å². The molecular formula is C7H16O7. The first-order valence-electron chi connectivity index (χ1n) is 3.77. The van der Waals surface area contributed by atoms with E-state index in [2.05, 4.69) is 0 Å². The summed E-state index contributed by atoms with van der Waals surface area (Å²) in [6, 6.07) is 0. The maximum Gasteiger partial charge on any atom is 0.151 e. The third-order valence-corrected chi connectivity index (χ3v) is 1.42. The molecule has 0 unspecified atom stereocenters. The predicted octanol–water partition coefficient (Wildman–Crippen LogP) is -3.77. The van der Waals surface area contributed by atoms with Gasteiger partial charge >= 0.3 is 0 Å². The van der Waals surface area contributed by atoms with Crippen molar-refractivity contribution < 1.29 is 35.4 Å². The van der Waals surface area contributed by atoms with Crippen LogP contribution in [0.2, 0.25) is 0 Å². The van der Waals surface area contributed by atoms with Crippen molar-refractivity contribution in [1.29, 1.82) is 0 Å². The first-order chi connectivity index (χ1) is 6.54. The van der Waals surface area contributed by atoms with Crippen LogP contribution in [-0.4, -0.2) is 75.1 Å². The molecule has 86 valence electrons. The molecule has 0 spiro atoms. The third kappa shape index (κ3) is 5.22. The second-order valence-electron chi connectivity index (χ2n) is 2.36. The zero-order valence-corrected chi connectivity index (χ0v) is 7.69. The minimum absolute atomic E-state index is 0.0258. The van der Waals surface area contributed by atoms with Crippen molar-refractivity contribution in [3.63, 3.8) is 0 Å². The van der Waals surface area contributed by atoms with Gasteiger partial charge in [0.2, 0.25) is 0 Å². The summed E-state index contributed by atoms with van der Waals surface area (Å²) < 4.78 is 0. The number of hydrogen-bond donors (Lipinski definition) is 6. The van der Waals surface area contributed by atoms with Gasteiger partial charge in [0.1, 0.15) is 24.4 Å². The number of carbonyl (C=O) groups is 1. The van der Waals surface area contributed by atoms with Crippen molar-refractivity contribution in [2.24, 2.45) is 0 Å². The van der Waals surface area contributed by atoms with Gasteiger partial charge in [-0.15, -0.1) is 0 Å². The Morgan fingerprint density at radius 2 is 1.50 bits per heavy atom. The predicted molar refractivity (Wildman–Crippen MR) is 45.3 cm³/mol. The minimum atomic E-state index is -1.79. The summed E-state index contributed by atoms with van der Waals surface area (Å²) in [5.41, 5.74) is 0. The van der Waals surface area contributed by atoms with Crippen LogP contribution >= 0.6 is 0 Å². The number of carbonyl (C=O) groups excluding carboxylic acids is 1. The molecule has 0 radical (unpaired) electrons. The average Bonchev–Trinajstić information content (AvgIpc) is 2.27. The highest BCUT2D eigenvalue weighted by molar-refractivity contribution is 5.56.